The monoisotopic (exact) mass is 301 g/mol. The Hall–Kier alpha value is -1.66. The summed E-state index contributed by atoms with van der Waals surface area (Å²) in [6.45, 7) is 5.18. The van der Waals surface area contributed by atoms with Crippen LogP contribution in [0.3, 0.4) is 0 Å². The molecule has 3 aromatic rings. The molecule has 1 fully saturated rings. The normalized spacial score (nSPS) is 19.8. The third-order valence-electron chi connectivity index (χ3n) is 4.17. The Bertz CT molecular complexity index is 712. The van der Waals surface area contributed by atoms with Crippen molar-refractivity contribution in [2.24, 2.45) is 0 Å². The van der Waals surface area contributed by atoms with Crippen molar-refractivity contribution in [2.45, 2.75) is 38.9 Å². The van der Waals surface area contributed by atoms with Gasteiger partial charge in [0.05, 0.1) is 18.4 Å². The lowest BCUT2D eigenvalue weighted by Gasteiger charge is -2.23. The van der Waals surface area contributed by atoms with Crippen molar-refractivity contribution in [2.75, 3.05) is 6.54 Å². The lowest BCUT2D eigenvalue weighted by atomic mass is 10.2. The summed E-state index contributed by atoms with van der Waals surface area (Å²) >= 11 is 1.69. The summed E-state index contributed by atoms with van der Waals surface area (Å²) in [4.78, 5) is 8.33. The van der Waals surface area contributed by atoms with Gasteiger partial charge in [-0.15, -0.1) is 11.3 Å². The predicted octanol–water partition coefficient (Wildman–Crippen LogP) is 2.57. The molecule has 1 atom stereocenters. The van der Waals surface area contributed by atoms with Crippen LogP contribution >= 0.6 is 11.3 Å². The zero-order valence-corrected chi connectivity index (χ0v) is 13.0. The van der Waals surface area contributed by atoms with E-state index in [1.807, 2.05) is 6.20 Å². The van der Waals surface area contributed by atoms with Crippen molar-refractivity contribution in [3.8, 4) is 0 Å². The Morgan fingerprint density at radius 3 is 3.14 bits per heavy atom. The summed E-state index contributed by atoms with van der Waals surface area (Å²) in [5, 5.41) is 6.49. The molecule has 0 aliphatic carbocycles. The number of nitrogens with zero attached hydrogens (tertiary/aromatic N) is 5. The molecule has 1 saturated heterocycles. The van der Waals surface area contributed by atoms with Crippen molar-refractivity contribution in [1.82, 2.24) is 24.1 Å². The van der Waals surface area contributed by atoms with Gasteiger partial charge >= 0.3 is 0 Å². The van der Waals surface area contributed by atoms with Gasteiger partial charge in [-0.05, 0) is 31.9 Å². The zero-order chi connectivity index (χ0) is 14.2. The fraction of sp³-hybridized carbons (Fsp3) is 0.467. The van der Waals surface area contributed by atoms with Gasteiger partial charge in [-0.3, -0.25) is 14.0 Å². The number of aryl methyl sites for hydroxylation is 1. The molecular weight excluding hydrogens is 282 g/mol. The summed E-state index contributed by atoms with van der Waals surface area (Å²) in [6.07, 6.45) is 10.8. The molecule has 0 amide bonds. The van der Waals surface area contributed by atoms with Crippen molar-refractivity contribution < 1.29 is 0 Å². The molecule has 4 heterocycles. The molecule has 6 heteroatoms. The summed E-state index contributed by atoms with van der Waals surface area (Å²) in [5.41, 5.74) is 2.40. The van der Waals surface area contributed by atoms with Crippen LogP contribution in [0.25, 0.3) is 4.96 Å². The second kappa shape index (κ2) is 5.27. The van der Waals surface area contributed by atoms with Crippen molar-refractivity contribution in [3.63, 3.8) is 0 Å². The zero-order valence-electron chi connectivity index (χ0n) is 12.1. The first kappa shape index (κ1) is 13.0. The van der Waals surface area contributed by atoms with Gasteiger partial charge in [0.1, 0.15) is 0 Å². The summed E-state index contributed by atoms with van der Waals surface area (Å²) < 4.78 is 4.19. The number of thiazole rings is 1. The molecule has 0 saturated carbocycles. The fourth-order valence-corrected chi connectivity index (χ4v) is 3.87. The van der Waals surface area contributed by atoms with E-state index in [4.69, 9.17) is 4.98 Å². The Kier molecular flexibility index (Phi) is 3.27. The molecule has 0 unspecified atom stereocenters. The highest BCUT2D eigenvalue weighted by Crippen LogP contribution is 2.22. The van der Waals surface area contributed by atoms with E-state index in [2.05, 4.69) is 50.0 Å². The van der Waals surface area contributed by atoms with Gasteiger partial charge in [0.2, 0.25) is 0 Å². The predicted molar refractivity (Wildman–Crippen MR) is 83.5 cm³/mol. The van der Waals surface area contributed by atoms with Crippen molar-refractivity contribution >= 4 is 16.3 Å². The quantitative estimate of drug-likeness (QED) is 0.743. The Labute approximate surface area is 127 Å². The van der Waals surface area contributed by atoms with Crippen LogP contribution in [0, 0.1) is 6.92 Å². The van der Waals surface area contributed by atoms with Crippen LogP contribution in [-0.4, -0.2) is 36.7 Å². The van der Waals surface area contributed by atoms with E-state index in [0.717, 1.165) is 24.6 Å². The first-order valence-electron chi connectivity index (χ1n) is 7.42. The van der Waals surface area contributed by atoms with Gasteiger partial charge in [0, 0.05) is 36.6 Å². The number of likely N-dealkylation sites (tertiary alicyclic amines) is 1. The second-order valence-corrected chi connectivity index (χ2v) is 6.70. The van der Waals surface area contributed by atoms with Crippen LogP contribution in [0.5, 0.6) is 0 Å². The highest BCUT2D eigenvalue weighted by molar-refractivity contribution is 7.15. The van der Waals surface area contributed by atoms with Gasteiger partial charge in [-0.2, -0.15) is 5.10 Å². The fourth-order valence-electron chi connectivity index (χ4n) is 3.15. The Morgan fingerprint density at radius 1 is 1.38 bits per heavy atom. The van der Waals surface area contributed by atoms with Gasteiger partial charge in [-0.25, -0.2) is 4.98 Å². The standard InChI is InChI=1S/C15H19N5S/c1-12-7-16-20(8-12)11-14-3-2-4-18(14)9-13-10-19-5-6-21-15(19)17-13/h5-8,10,14H,2-4,9,11H2,1H3/t14-/m1/s1. The molecule has 5 nitrogen and oxygen atoms in total. The van der Waals surface area contributed by atoms with Gasteiger partial charge < -0.3 is 0 Å². The average Bonchev–Trinajstić information content (AvgIpc) is 3.17. The molecule has 0 N–H and O–H groups in total. The Morgan fingerprint density at radius 2 is 2.33 bits per heavy atom. The Balaban J connectivity index is 1.47. The van der Waals surface area contributed by atoms with E-state index in [-0.39, 0.29) is 0 Å². The number of hydrogen-bond donors (Lipinski definition) is 0. The maximum atomic E-state index is 4.70. The minimum absolute atomic E-state index is 0.573. The van der Waals surface area contributed by atoms with Crippen LogP contribution in [0.4, 0.5) is 0 Å². The highest BCUT2D eigenvalue weighted by atomic mass is 32.1. The highest BCUT2D eigenvalue weighted by Gasteiger charge is 2.25. The SMILES string of the molecule is Cc1cnn(C[C@H]2CCCN2Cc2cn3ccsc3n2)c1. The number of imidazole rings is 1. The van der Waals surface area contributed by atoms with Crippen molar-refractivity contribution in [1.29, 1.82) is 0 Å². The minimum Gasteiger partial charge on any atom is -0.297 e. The molecule has 0 aromatic carbocycles. The van der Waals surface area contributed by atoms with E-state index < -0.39 is 0 Å². The maximum absolute atomic E-state index is 4.70. The summed E-state index contributed by atoms with van der Waals surface area (Å²) in [6, 6.07) is 0.573. The van der Waals surface area contributed by atoms with Crippen LogP contribution in [-0.2, 0) is 13.1 Å². The topological polar surface area (TPSA) is 38.4 Å². The molecule has 0 bridgehead atoms. The van der Waals surface area contributed by atoms with Crippen LogP contribution in [0.15, 0.2) is 30.2 Å². The molecule has 0 radical (unpaired) electrons. The van der Waals surface area contributed by atoms with Gasteiger partial charge in [0.25, 0.3) is 0 Å². The molecule has 1 aliphatic rings. The maximum Gasteiger partial charge on any atom is 0.193 e. The number of aromatic nitrogens is 4. The van der Waals surface area contributed by atoms with Gasteiger partial charge in [-0.1, -0.05) is 0 Å². The van der Waals surface area contributed by atoms with Crippen LogP contribution < -0.4 is 0 Å². The van der Waals surface area contributed by atoms with Gasteiger partial charge in [0.15, 0.2) is 4.96 Å². The molecule has 1 aliphatic heterocycles. The first-order valence-corrected chi connectivity index (χ1v) is 8.30. The number of rotatable bonds is 4. The number of fused-ring (bicyclic) bond motifs is 1. The second-order valence-electron chi connectivity index (χ2n) is 5.83. The largest absolute Gasteiger partial charge is 0.297 e. The minimum atomic E-state index is 0.573. The van der Waals surface area contributed by atoms with E-state index in [1.165, 1.54) is 24.1 Å². The molecule has 0 spiro atoms. The molecule has 4 rings (SSSR count). The summed E-state index contributed by atoms with van der Waals surface area (Å²) in [5.74, 6) is 0. The molecule has 3 aromatic heterocycles. The molecular formula is C15H19N5S. The average molecular weight is 301 g/mol. The third kappa shape index (κ3) is 2.61. The van der Waals surface area contributed by atoms with Crippen LogP contribution in [0.1, 0.15) is 24.1 Å². The number of hydrogen-bond acceptors (Lipinski definition) is 4. The van der Waals surface area contributed by atoms with E-state index in [9.17, 15) is 0 Å². The van der Waals surface area contributed by atoms with E-state index in [0.29, 0.717) is 6.04 Å². The lowest BCUT2D eigenvalue weighted by Crippen LogP contribution is -2.32. The van der Waals surface area contributed by atoms with Crippen molar-refractivity contribution in [3.05, 3.63) is 41.4 Å². The lowest BCUT2D eigenvalue weighted by molar-refractivity contribution is 0.217. The summed E-state index contributed by atoms with van der Waals surface area (Å²) in [7, 11) is 0. The molecule has 110 valence electrons. The van der Waals surface area contributed by atoms with E-state index >= 15 is 0 Å². The van der Waals surface area contributed by atoms with E-state index in [1.54, 1.807) is 11.3 Å². The smallest absolute Gasteiger partial charge is 0.193 e. The third-order valence-corrected chi connectivity index (χ3v) is 4.94. The first-order chi connectivity index (χ1) is 10.3. The van der Waals surface area contributed by atoms with Crippen LogP contribution in [0.2, 0.25) is 0 Å². The molecule has 21 heavy (non-hydrogen) atoms.